The molecular formula is C30H44N6O9. The molecule has 1 aliphatic rings. The van der Waals surface area contributed by atoms with Crippen LogP contribution in [-0.2, 0) is 40.0 Å². The highest BCUT2D eigenvalue weighted by atomic mass is 16.3. The Morgan fingerprint density at radius 1 is 1.02 bits per heavy atom. The Kier molecular flexibility index (Phi) is 13.9. The fourth-order valence-electron chi connectivity index (χ4n) is 5.06. The molecule has 1 saturated heterocycles. The maximum absolute atomic E-state index is 13.4. The van der Waals surface area contributed by atoms with E-state index in [0.717, 1.165) is 4.90 Å². The zero-order chi connectivity index (χ0) is 33.8. The van der Waals surface area contributed by atoms with Crippen molar-refractivity contribution >= 4 is 41.7 Å². The van der Waals surface area contributed by atoms with E-state index in [9.17, 15) is 43.8 Å². The van der Waals surface area contributed by atoms with Crippen LogP contribution in [0, 0.1) is 11.8 Å². The lowest BCUT2D eigenvalue weighted by Crippen LogP contribution is -2.56. The molecule has 1 aliphatic heterocycles. The zero-order valence-corrected chi connectivity index (χ0v) is 25.9. The number of Topliss-reactive ketones (excluding diaryl/α,β-unsaturated/α-hetero) is 1. The number of ketones is 1. The minimum Gasteiger partial charge on any atom is -0.508 e. The van der Waals surface area contributed by atoms with Crippen LogP contribution in [0.1, 0.15) is 52.5 Å². The van der Waals surface area contributed by atoms with Crippen molar-refractivity contribution in [3.63, 3.8) is 0 Å². The van der Waals surface area contributed by atoms with Gasteiger partial charge in [0.15, 0.2) is 5.78 Å². The number of nitrogens with two attached hydrogens (primary N) is 1. The quantitative estimate of drug-likeness (QED) is 0.0907. The minimum absolute atomic E-state index is 0.0229. The molecule has 3 unspecified atom stereocenters. The Bertz CT molecular complexity index is 1240. The molecule has 15 heteroatoms. The Morgan fingerprint density at radius 2 is 1.67 bits per heavy atom. The lowest BCUT2D eigenvalue weighted by Gasteiger charge is -2.30. The Hall–Kier alpha value is -4.53. The number of amides is 6. The van der Waals surface area contributed by atoms with Gasteiger partial charge in [-0.1, -0.05) is 39.8 Å². The number of benzene rings is 1. The first-order valence-electron chi connectivity index (χ1n) is 14.8. The first-order valence-corrected chi connectivity index (χ1v) is 14.8. The number of carbonyl (C=O) groups excluding carboxylic acids is 7. The van der Waals surface area contributed by atoms with Crippen LogP contribution in [0.3, 0.4) is 0 Å². The zero-order valence-electron chi connectivity index (χ0n) is 25.9. The van der Waals surface area contributed by atoms with E-state index in [0.29, 0.717) is 18.4 Å². The van der Waals surface area contributed by atoms with E-state index >= 15 is 0 Å². The van der Waals surface area contributed by atoms with Gasteiger partial charge in [0.25, 0.3) is 0 Å². The summed E-state index contributed by atoms with van der Waals surface area (Å²) in [6.45, 7) is 6.30. The van der Waals surface area contributed by atoms with Crippen LogP contribution in [-0.4, -0.2) is 100 Å². The number of primary amides is 1. The third-order valence-electron chi connectivity index (χ3n) is 7.29. The number of nitrogens with one attached hydrogen (secondary N) is 4. The van der Waals surface area contributed by atoms with Crippen LogP contribution in [0.15, 0.2) is 24.3 Å². The number of β-amino-alcohol motifs (C(OH)–C–C–N with tert-alkyl or cyclic N) is 1. The number of rotatable bonds is 18. The molecule has 0 spiro atoms. The van der Waals surface area contributed by atoms with Gasteiger partial charge in [-0.05, 0) is 36.0 Å². The Balaban J connectivity index is 2.06. The van der Waals surface area contributed by atoms with Crippen molar-refractivity contribution in [3.8, 4) is 5.75 Å². The van der Waals surface area contributed by atoms with E-state index < -0.39 is 72.3 Å². The highest BCUT2D eigenvalue weighted by Gasteiger charge is 2.46. The average molecular weight is 633 g/mol. The SMILES string of the molecule is CC(C)C[C@@H](NC(=O)CNC(=O)C(C(C)C)N1CC(O)C(NC(=O)[C@@H](Cc2ccc(O)cc2)NC=O)C1=O)C(=O)CCC(N)=O. The second kappa shape index (κ2) is 17.1. The van der Waals surface area contributed by atoms with Gasteiger partial charge in [-0.3, -0.25) is 33.6 Å². The number of hydrogen-bond donors (Lipinski definition) is 7. The maximum atomic E-state index is 13.4. The number of hydrogen-bond acceptors (Lipinski definition) is 9. The largest absolute Gasteiger partial charge is 0.508 e. The van der Waals surface area contributed by atoms with Gasteiger partial charge in [-0.25, -0.2) is 0 Å². The lowest BCUT2D eigenvalue weighted by molar-refractivity contribution is -0.141. The molecule has 45 heavy (non-hydrogen) atoms. The van der Waals surface area contributed by atoms with Gasteiger partial charge < -0.3 is 42.1 Å². The number of carbonyl (C=O) groups is 7. The molecule has 0 bridgehead atoms. The monoisotopic (exact) mass is 632 g/mol. The van der Waals surface area contributed by atoms with Gasteiger partial charge in [0.2, 0.25) is 35.9 Å². The standard InChI is InChI=1S/C30H44N6O9/c1-16(2)11-20(22(39)9-10-24(31)41)34-25(42)13-32-29(44)27(17(3)4)36-14-23(40)26(30(36)45)35-28(43)21(33-15-37)12-18-5-7-19(38)8-6-18/h5-8,15-17,20-21,23,26-27,38,40H,9-14H2,1-4H3,(H2,31,41)(H,32,44)(H,33,37)(H,34,42)(H,35,43)/t20-,21-,23?,26?,27?/m1/s1. The molecule has 6 amide bonds. The third-order valence-corrected chi connectivity index (χ3v) is 7.29. The van der Waals surface area contributed by atoms with Crippen LogP contribution in [0.2, 0.25) is 0 Å². The van der Waals surface area contributed by atoms with E-state index in [1.165, 1.54) is 12.1 Å². The summed E-state index contributed by atoms with van der Waals surface area (Å²) in [6.07, 6.45) is -0.959. The summed E-state index contributed by atoms with van der Waals surface area (Å²) < 4.78 is 0. The summed E-state index contributed by atoms with van der Waals surface area (Å²) in [7, 11) is 0. The molecule has 15 nitrogen and oxygen atoms in total. The van der Waals surface area contributed by atoms with E-state index in [-0.39, 0.29) is 43.3 Å². The minimum atomic E-state index is -1.39. The summed E-state index contributed by atoms with van der Waals surface area (Å²) in [6, 6.07) is 1.51. The average Bonchev–Trinajstić information content (AvgIpc) is 3.22. The number of aromatic hydroxyl groups is 1. The van der Waals surface area contributed by atoms with E-state index in [1.54, 1.807) is 26.0 Å². The molecule has 0 saturated carbocycles. The van der Waals surface area contributed by atoms with Crippen molar-refractivity contribution in [1.82, 2.24) is 26.2 Å². The Labute approximate surface area is 261 Å². The van der Waals surface area contributed by atoms with Crippen LogP contribution < -0.4 is 27.0 Å². The molecule has 1 fully saturated rings. The van der Waals surface area contributed by atoms with Crippen molar-refractivity contribution in [2.45, 2.75) is 83.6 Å². The van der Waals surface area contributed by atoms with Crippen molar-refractivity contribution in [3.05, 3.63) is 29.8 Å². The van der Waals surface area contributed by atoms with Crippen molar-refractivity contribution < 1.29 is 43.8 Å². The van der Waals surface area contributed by atoms with Crippen LogP contribution in [0.4, 0.5) is 0 Å². The number of likely N-dealkylation sites (tertiary alicyclic amines) is 1. The summed E-state index contributed by atoms with van der Waals surface area (Å²) in [5.41, 5.74) is 5.74. The molecule has 5 atom stereocenters. The van der Waals surface area contributed by atoms with Gasteiger partial charge in [-0.2, -0.15) is 0 Å². The molecule has 0 radical (unpaired) electrons. The van der Waals surface area contributed by atoms with Crippen molar-refractivity contribution in [2.24, 2.45) is 17.6 Å². The van der Waals surface area contributed by atoms with Crippen molar-refractivity contribution in [2.75, 3.05) is 13.1 Å². The molecule has 0 aromatic heterocycles. The summed E-state index contributed by atoms with van der Waals surface area (Å²) >= 11 is 0. The molecule has 1 aromatic carbocycles. The summed E-state index contributed by atoms with van der Waals surface area (Å²) in [5.74, 6) is -4.17. The molecular weight excluding hydrogens is 588 g/mol. The summed E-state index contributed by atoms with van der Waals surface area (Å²) in [5, 5.41) is 30.1. The molecule has 8 N–H and O–H groups in total. The maximum Gasteiger partial charge on any atom is 0.248 e. The van der Waals surface area contributed by atoms with E-state index in [1.807, 2.05) is 13.8 Å². The first kappa shape index (κ1) is 36.7. The molecule has 0 aliphatic carbocycles. The number of nitrogens with zero attached hydrogens (tertiary/aromatic N) is 1. The highest BCUT2D eigenvalue weighted by molar-refractivity contribution is 5.97. The topological polar surface area (TPSA) is 237 Å². The van der Waals surface area contributed by atoms with Gasteiger partial charge in [-0.15, -0.1) is 0 Å². The third kappa shape index (κ3) is 11.2. The number of aliphatic hydroxyl groups excluding tert-OH is 1. The van der Waals surface area contributed by atoms with E-state index in [2.05, 4.69) is 21.3 Å². The van der Waals surface area contributed by atoms with E-state index in [4.69, 9.17) is 5.73 Å². The normalized spacial score (nSPS) is 18.2. The summed E-state index contributed by atoms with van der Waals surface area (Å²) in [4.78, 5) is 88.2. The number of aliphatic hydroxyl groups is 1. The van der Waals surface area contributed by atoms with Crippen molar-refractivity contribution in [1.29, 1.82) is 0 Å². The number of phenolic OH excluding ortho intramolecular Hbond substituents is 1. The van der Waals surface area contributed by atoms with Gasteiger partial charge in [0.05, 0.1) is 19.1 Å². The predicted octanol–water partition coefficient (Wildman–Crippen LogP) is -1.76. The molecule has 1 heterocycles. The van der Waals surface area contributed by atoms with Crippen LogP contribution in [0.5, 0.6) is 5.75 Å². The van der Waals surface area contributed by atoms with Gasteiger partial charge in [0.1, 0.15) is 30.0 Å². The number of phenols is 1. The van der Waals surface area contributed by atoms with Gasteiger partial charge >= 0.3 is 0 Å². The lowest BCUT2D eigenvalue weighted by atomic mass is 9.97. The van der Waals surface area contributed by atoms with Crippen LogP contribution >= 0.6 is 0 Å². The predicted molar refractivity (Wildman–Crippen MR) is 161 cm³/mol. The molecule has 2 rings (SSSR count). The smallest absolute Gasteiger partial charge is 0.248 e. The Morgan fingerprint density at radius 3 is 2.22 bits per heavy atom. The second-order valence-corrected chi connectivity index (χ2v) is 11.8. The first-order chi connectivity index (χ1) is 21.1. The molecule has 248 valence electrons. The fourth-order valence-corrected chi connectivity index (χ4v) is 5.06. The molecule has 1 aromatic rings. The fraction of sp³-hybridized carbons (Fsp3) is 0.567. The second-order valence-electron chi connectivity index (χ2n) is 11.8. The highest BCUT2D eigenvalue weighted by Crippen LogP contribution is 2.21. The van der Waals surface area contributed by atoms with Crippen LogP contribution in [0.25, 0.3) is 0 Å². The van der Waals surface area contributed by atoms with Gasteiger partial charge in [0, 0.05) is 19.3 Å².